The van der Waals surface area contributed by atoms with Gasteiger partial charge in [-0.3, -0.25) is 9.82 Å². The fourth-order valence-corrected chi connectivity index (χ4v) is 1.63. The highest BCUT2D eigenvalue weighted by molar-refractivity contribution is 5.80. The van der Waals surface area contributed by atoms with Gasteiger partial charge in [0.2, 0.25) is 5.96 Å². The molecule has 1 aromatic rings. The highest BCUT2D eigenvalue weighted by Gasteiger charge is 2.19. The standard InChI is InChI=1S/C11H16N4O/c1-9(10-5-3-4-6-12-10)14-11-13-7-8-15(11)16-2/h3-6,9H,7-8H2,1-2H3,(H,13,14)/t9-/m0/s1. The molecule has 5 nitrogen and oxygen atoms in total. The van der Waals surface area contributed by atoms with E-state index >= 15 is 0 Å². The summed E-state index contributed by atoms with van der Waals surface area (Å²) in [6.45, 7) is 3.62. The summed E-state index contributed by atoms with van der Waals surface area (Å²) in [5, 5.41) is 5.03. The summed E-state index contributed by atoms with van der Waals surface area (Å²) in [6, 6.07) is 6.00. The number of nitrogens with zero attached hydrogens (tertiary/aromatic N) is 3. The van der Waals surface area contributed by atoms with Gasteiger partial charge in [0, 0.05) is 6.20 Å². The number of rotatable bonds is 3. The first kappa shape index (κ1) is 10.9. The minimum atomic E-state index is 0.121. The third kappa shape index (κ3) is 2.30. The van der Waals surface area contributed by atoms with Crippen molar-refractivity contribution in [2.45, 2.75) is 13.0 Å². The van der Waals surface area contributed by atoms with E-state index in [-0.39, 0.29) is 6.04 Å². The molecule has 86 valence electrons. The van der Waals surface area contributed by atoms with Crippen molar-refractivity contribution in [1.82, 2.24) is 15.4 Å². The van der Waals surface area contributed by atoms with Gasteiger partial charge in [-0.1, -0.05) is 6.07 Å². The van der Waals surface area contributed by atoms with Crippen molar-refractivity contribution < 1.29 is 4.84 Å². The Kier molecular flexibility index (Phi) is 3.36. The van der Waals surface area contributed by atoms with Crippen molar-refractivity contribution in [2.75, 3.05) is 20.2 Å². The Labute approximate surface area is 95.1 Å². The second kappa shape index (κ2) is 4.94. The van der Waals surface area contributed by atoms with E-state index in [9.17, 15) is 0 Å². The Morgan fingerprint density at radius 2 is 2.38 bits per heavy atom. The maximum absolute atomic E-state index is 5.18. The minimum absolute atomic E-state index is 0.121. The number of nitrogens with one attached hydrogen (secondary N) is 1. The lowest BCUT2D eigenvalue weighted by Gasteiger charge is -2.21. The number of guanidine groups is 1. The summed E-state index contributed by atoms with van der Waals surface area (Å²) in [5.74, 6) is 0.778. The SMILES string of the molecule is CON1CCN=C1N[C@@H](C)c1ccccn1. The predicted molar refractivity (Wildman–Crippen MR) is 61.8 cm³/mol. The van der Waals surface area contributed by atoms with Gasteiger partial charge in [0.25, 0.3) is 0 Å². The van der Waals surface area contributed by atoms with Crippen molar-refractivity contribution >= 4 is 5.96 Å². The smallest absolute Gasteiger partial charge is 0.219 e. The second-order valence-electron chi connectivity index (χ2n) is 3.61. The van der Waals surface area contributed by atoms with Gasteiger partial charge < -0.3 is 5.32 Å². The maximum Gasteiger partial charge on any atom is 0.219 e. The number of aliphatic imine (C=N–C) groups is 1. The summed E-state index contributed by atoms with van der Waals surface area (Å²) in [5.41, 5.74) is 0.994. The molecule has 0 amide bonds. The monoisotopic (exact) mass is 220 g/mol. The topological polar surface area (TPSA) is 49.8 Å². The molecule has 0 spiro atoms. The van der Waals surface area contributed by atoms with Crippen molar-refractivity contribution in [2.24, 2.45) is 4.99 Å². The Morgan fingerprint density at radius 3 is 3.06 bits per heavy atom. The zero-order valence-electron chi connectivity index (χ0n) is 9.55. The molecule has 1 N–H and O–H groups in total. The summed E-state index contributed by atoms with van der Waals surface area (Å²) in [7, 11) is 1.65. The van der Waals surface area contributed by atoms with Crippen LogP contribution < -0.4 is 5.32 Å². The molecule has 0 saturated carbocycles. The van der Waals surface area contributed by atoms with Crippen LogP contribution in [-0.4, -0.2) is 36.2 Å². The molecule has 0 radical (unpaired) electrons. The van der Waals surface area contributed by atoms with E-state index in [0.717, 1.165) is 24.7 Å². The van der Waals surface area contributed by atoms with Crippen LogP contribution in [0.15, 0.2) is 29.4 Å². The molecule has 0 bridgehead atoms. The van der Waals surface area contributed by atoms with E-state index < -0.39 is 0 Å². The fraction of sp³-hybridized carbons (Fsp3) is 0.455. The highest BCUT2D eigenvalue weighted by Crippen LogP contribution is 2.10. The Bertz CT molecular complexity index is 366. The van der Waals surface area contributed by atoms with Crippen LogP contribution in [0.2, 0.25) is 0 Å². The Balaban J connectivity index is 2.00. The highest BCUT2D eigenvalue weighted by atomic mass is 16.7. The second-order valence-corrected chi connectivity index (χ2v) is 3.61. The molecular formula is C11H16N4O. The third-order valence-electron chi connectivity index (χ3n) is 2.50. The lowest BCUT2D eigenvalue weighted by molar-refractivity contribution is -0.0586. The quantitative estimate of drug-likeness (QED) is 0.824. The molecule has 1 aliphatic heterocycles. The van der Waals surface area contributed by atoms with Gasteiger partial charge in [-0.2, -0.15) is 0 Å². The van der Waals surface area contributed by atoms with E-state index in [0.29, 0.717) is 0 Å². The Morgan fingerprint density at radius 1 is 1.50 bits per heavy atom. The molecule has 0 saturated heterocycles. The van der Waals surface area contributed by atoms with E-state index in [1.54, 1.807) is 18.4 Å². The molecule has 5 heteroatoms. The zero-order chi connectivity index (χ0) is 11.4. The van der Waals surface area contributed by atoms with Crippen molar-refractivity contribution in [1.29, 1.82) is 0 Å². The number of pyridine rings is 1. The van der Waals surface area contributed by atoms with Gasteiger partial charge in [0.05, 0.1) is 31.9 Å². The largest absolute Gasteiger partial charge is 0.346 e. The van der Waals surface area contributed by atoms with Gasteiger partial charge in [-0.05, 0) is 19.1 Å². The third-order valence-corrected chi connectivity index (χ3v) is 2.50. The van der Waals surface area contributed by atoms with Crippen LogP contribution >= 0.6 is 0 Å². The average molecular weight is 220 g/mol. The normalized spacial score (nSPS) is 17.1. The van der Waals surface area contributed by atoms with Crippen molar-refractivity contribution in [3.05, 3.63) is 30.1 Å². The van der Waals surface area contributed by atoms with Crippen LogP contribution in [0.25, 0.3) is 0 Å². The van der Waals surface area contributed by atoms with Crippen LogP contribution in [0.1, 0.15) is 18.7 Å². The zero-order valence-corrected chi connectivity index (χ0v) is 9.55. The summed E-state index contributed by atoms with van der Waals surface area (Å²) >= 11 is 0. The van der Waals surface area contributed by atoms with Crippen LogP contribution in [0.3, 0.4) is 0 Å². The summed E-state index contributed by atoms with van der Waals surface area (Å²) in [6.07, 6.45) is 1.79. The molecule has 0 unspecified atom stereocenters. The summed E-state index contributed by atoms with van der Waals surface area (Å²) < 4.78 is 0. The molecule has 1 atom stereocenters. The Hall–Kier alpha value is -1.62. The lowest BCUT2D eigenvalue weighted by Crippen LogP contribution is -2.39. The molecule has 0 fully saturated rings. The first-order valence-electron chi connectivity index (χ1n) is 5.35. The summed E-state index contributed by atoms with van der Waals surface area (Å²) in [4.78, 5) is 13.8. The lowest BCUT2D eigenvalue weighted by atomic mass is 10.2. The predicted octanol–water partition coefficient (Wildman–Crippen LogP) is 0.965. The molecular weight excluding hydrogens is 204 g/mol. The molecule has 1 aromatic heterocycles. The van der Waals surface area contributed by atoms with E-state index in [2.05, 4.69) is 22.2 Å². The molecule has 16 heavy (non-hydrogen) atoms. The average Bonchev–Trinajstić information content (AvgIpc) is 2.77. The van der Waals surface area contributed by atoms with Crippen molar-refractivity contribution in [3.8, 4) is 0 Å². The van der Waals surface area contributed by atoms with Gasteiger partial charge in [-0.25, -0.2) is 10.1 Å². The van der Waals surface area contributed by atoms with Gasteiger partial charge in [0.1, 0.15) is 0 Å². The van der Waals surface area contributed by atoms with E-state index in [1.807, 2.05) is 18.2 Å². The molecule has 2 heterocycles. The molecule has 0 aliphatic carbocycles. The minimum Gasteiger partial charge on any atom is -0.346 e. The van der Waals surface area contributed by atoms with E-state index in [1.165, 1.54) is 0 Å². The first-order valence-corrected chi connectivity index (χ1v) is 5.35. The molecule has 2 rings (SSSR count). The van der Waals surface area contributed by atoms with Gasteiger partial charge in [0.15, 0.2) is 0 Å². The van der Waals surface area contributed by atoms with Crippen LogP contribution in [0, 0.1) is 0 Å². The number of hydrogen-bond acceptors (Lipinski definition) is 5. The van der Waals surface area contributed by atoms with Crippen LogP contribution in [0.5, 0.6) is 0 Å². The molecule has 0 aromatic carbocycles. The number of hydrogen-bond donors (Lipinski definition) is 1. The van der Waals surface area contributed by atoms with E-state index in [4.69, 9.17) is 4.84 Å². The van der Waals surface area contributed by atoms with Crippen molar-refractivity contribution in [3.63, 3.8) is 0 Å². The number of hydroxylamine groups is 2. The first-order chi connectivity index (χ1) is 7.81. The van der Waals surface area contributed by atoms with Crippen LogP contribution in [0.4, 0.5) is 0 Å². The van der Waals surface area contributed by atoms with Crippen LogP contribution in [-0.2, 0) is 4.84 Å². The van der Waals surface area contributed by atoms with Gasteiger partial charge in [-0.15, -0.1) is 0 Å². The fourth-order valence-electron chi connectivity index (χ4n) is 1.63. The molecule has 1 aliphatic rings. The maximum atomic E-state index is 5.18. The number of aromatic nitrogens is 1. The van der Waals surface area contributed by atoms with Gasteiger partial charge >= 0.3 is 0 Å².